The Morgan fingerprint density at radius 3 is 2.28 bits per heavy atom. The maximum absolute atomic E-state index is 6.75. The van der Waals surface area contributed by atoms with E-state index in [1.807, 2.05) is 0 Å². The first-order chi connectivity index (χ1) is 12.4. The molecule has 0 aromatic heterocycles. The summed E-state index contributed by atoms with van der Waals surface area (Å²) in [6.07, 6.45) is 3.53. The first kappa shape index (κ1) is 14.9. The van der Waals surface area contributed by atoms with E-state index >= 15 is 0 Å². The Hall–Kier alpha value is -2.38. The fourth-order valence-corrected chi connectivity index (χ4v) is 4.79. The third-order valence-corrected chi connectivity index (χ3v) is 5.94. The van der Waals surface area contributed by atoms with Gasteiger partial charge in [0.05, 0.1) is 6.10 Å². The van der Waals surface area contributed by atoms with Crippen LogP contribution in [-0.4, -0.2) is 0 Å². The number of ether oxygens (including phenoxy) is 1. The van der Waals surface area contributed by atoms with E-state index in [1.165, 1.54) is 28.7 Å². The average Bonchev–Trinajstić information content (AvgIpc) is 2.66. The maximum atomic E-state index is 6.75. The monoisotopic (exact) mass is 326 g/mol. The summed E-state index contributed by atoms with van der Waals surface area (Å²) in [6.45, 7) is 0. The Kier molecular flexibility index (Phi) is 3.50. The third-order valence-electron chi connectivity index (χ3n) is 5.94. The van der Waals surface area contributed by atoms with E-state index in [4.69, 9.17) is 4.74 Å². The van der Waals surface area contributed by atoms with Gasteiger partial charge in [-0.1, -0.05) is 84.9 Å². The molecule has 0 unspecified atom stereocenters. The molecule has 0 bridgehead atoms. The highest BCUT2D eigenvalue weighted by Crippen LogP contribution is 2.60. The minimum absolute atomic E-state index is 0.170. The van der Waals surface area contributed by atoms with Gasteiger partial charge >= 0.3 is 0 Å². The van der Waals surface area contributed by atoms with Crippen molar-refractivity contribution >= 4 is 0 Å². The van der Waals surface area contributed by atoms with Crippen molar-refractivity contribution in [3.05, 3.63) is 107 Å². The summed E-state index contributed by atoms with van der Waals surface area (Å²) in [7, 11) is 0. The van der Waals surface area contributed by atoms with Gasteiger partial charge in [-0.25, -0.2) is 0 Å². The van der Waals surface area contributed by atoms with Crippen molar-refractivity contribution in [1.82, 2.24) is 0 Å². The molecule has 3 atom stereocenters. The van der Waals surface area contributed by atoms with Gasteiger partial charge in [-0.15, -0.1) is 0 Å². The van der Waals surface area contributed by atoms with E-state index in [9.17, 15) is 0 Å². The number of benzene rings is 3. The van der Waals surface area contributed by atoms with Crippen molar-refractivity contribution < 1.29 is 4.74 Å². The highest BCUT2D eigenvalue weighted by Gasteiger charge is 2.58. The Balaban J connectivity index is 1.57. The topological polar surface area (TPSA) is 9.23 Å². The summed E-state index contributed by atoms with van der Waals surface area (Å²) in [5.74, 6) is 0.546. The van der Waals surface area contributed by atoms with Crippen LogP contribution >= 0.6 is 0 Å². The van der Waals surface area contributed by atoms with Crippen molar-refractivity contribution in [3.63, 3.8) is 0 Å². The van der Waals surface area contributed by atoms with Crippen LogP contribution in [0.15, 0.2) is 84.9 Å². The number of rotatable bonds is 3. The van der Waals surface area contributed by atoms with Crippen molar-refractivity contribution in [3.8, 4) is 0 Å². The van der Waals surface area contributed by atoms with E-state index in [0.717, 1.165) is 12.8 Å². The Labute approximate surface area is 149 Å². The Morgan fingerprint density at radius 2 is 1.48 bits per heavy atom. The van der Waals surface area contributed by atoms with Gasteiger partial charge in [0.1, 0.15) is 5.60 Å². The quantitative estimate of drug-likeness (QED) is 0.621. The standard InChI is InChI=1S/C24H22O/c1-3-9-18(10-4-1)17-24-21-14-8-7-11-19(21)15-16-22(24)23(25-24)20-12-5-2-6-13-20/h1-14,22-23H,15-17H2/t22-,23+,24-/m0/s1. The van der Waals surface area contributed by atoms with Gasteiger partial charge in [0.25, 0.3) is 0 Å². The van der Waals surface area contributed by atoms with Crippen molar-refractivity contribution in [1.29, 1.82) is 0 Å². The van der Waals surface area contributed by atoms with E-state index in [2.05, 4.69) is 84.9 Å². The molecule has 1 nitrogen and oxygen atoms in total. The zero-order valence-electron chi connectivity index (χ0n) is 14.3. The van der Waals surface area contributed by atoms with E-state index < -0.39 is 0 Å². The van der Waals surface area contributed by atoms with Gasteiger partial charge in [0, 0.05) is 12.3 Å². The van der Waals surface area contributed by atoms with Crippen LogP contribution in [0.2, 0.25) is 0 Å². The average molecular weight is 326 g/mol. The number of hydrogen-bond acceptors (Lipinski definition) is 1. The molecule has 3 aromatic carbocycles. The summed E-state index contributed by atoms with van der Waals surface area (Å²) < 4.78 is 6.75. The fourth-order valence-electron chi connectivity index (χ4n) is 4.79. The highest BCUT2D eigenvalue weighted by molar-refractivity contribution is 5.41. The second-order valence-corrected chi connectivity index (χ2v) is 7.30. The fraction of sp³-hybridized carbons (Fsp3) is 0.250. The van der Waals surface area contributed by atoms with Gasteiger partial charge in [-0.3, -0.25) is 0 Å². The van der Waals surface area contributed by atoms with Crippen LogP contribution in [0.1, 0.15) is 34.8 Å². The molecule has 5 rings (SSSR count). The van der Waals surface area contributed by atoms with Gasteiger partial charge in [0.2, 0.25) is 0 Å². The summed E-state index contributed by atoms with van der Waals surface area (Å²) >= 11 is 0. The molecule has 0 N–H and O–H groups in total. The minimum Gasteiger partial charge on any atom is -0.361 e. The first-order valence-electron chi connectivity index (χ1n) is 9.22. The van der Waals surface area contributed by atoms with Crippen molar-refractivity contribution in [2.75, 3.05) is 0 Å². The van der Waals surface area contributed by atoms with E-state index in [-0.39, 0.29) is 11.7 Å². The second kappa shape index (κ2) is 5.86. The molecule has 3 aromatic rings. The molecule has 1 saturated heterocycles. The summed E-state index contributed by atoms with van der Waals surface area (Å²) in [6, 6.07) is 30.4. The summed E-state index contributed by atoms with van der Waals surface area (Å²) in [5, 5.41) is 0. The summed E-state index contributed by atoms with van der Waals surface area (Å²) in [5.41, 5.74) is 5.37. The van der Waals surface area contributed by atoms with Gasteiger partial charge in [0.15, 0.2) is 0 Å². The molecule has 1 aliphatic heterocycles. The lowest BCUT2D eigenvalue weighted by Gasteiger charge is -2.58. The molecule has 1 heteroatoms. The molecule has 0 saturated carbocycles. The maximum Gasteiger partial charge on any atom is 0.104 e. The molecule has 25 heavy (non-hydrogen) atoms. The van der Waals surface area contributed by atoms with Crippen molar-refractivity contribution in [2.24, 2.45) is 5.92 Å². The zero-order chi connectivity index (χ0) is 16.7. The number of aryl methyl sites for hydroxylation is 1. The van der Waals surface area contributed by atoms with Crippen LogP contribution in [0.3, 0.4) is 0 Å². The lowest BCUT2D eigenvalue weighted by atomic mass is 9.61. The molecule has 0 amide bonds. The molecule has 0 spiro atoms. The number of hydrogen-bond donors (Lipinski definition) is 0. The predicted octanol–water partition coefficient (Wildman–Crippen LogP) is 5.46. The van der Waals surface area contributed by atoms with Crippen LogP contribution in [0.5, 0.6) is 0 Å². The molecule has 1 fully saturated rings. The molecule has 2 aliphatic rings. The largest absolute Gasteiger partial charge is 0.361 e. The molecule has 0 radical (unpaired) electrons. The van der Waals surface area contributed by atoms with Crippen LogP contribution < -0.4 is 0 Å². The lowest BCUT2D eigenvalue weighted by Crippen LogP contribution is -2.56. The molecular formula is C24H22O. The molecular weight excluding hydrogens is 304 g/mol. The lowest BCUT2D eigenvalue weighted by molar-refractivity contribution is -0.280. The smallest absolute Gasteiger partial charge is 0.104 e. The Morgan fingerprint density at radius 1 is 0.800 bits per heavy atom. The molecule has 1 aliphatic carbocycles. The van der Waals surface area contributed by atoms with Gasteiger partial charge < -0.3 is 4.74 Å². The predicted molar refractivity (Wildman–Crippen MR) is 100 cm³/mol. The van der Waals surface area contributed by atoms with Crippen LogP contribution in [0, 0.1) is 5.92 Å². The van der Waals surface area contributed by atoms with Crippen molar-refractivity contribution in [2.45, 2.75) is 31.0 Å². The summed E-state index contributed by atoms with van der Waals surface area (Å²) in [4.78, 5) is 0. The number of fused-ring (bicyclic) bond motifs is 3. The SMILES string of the molecule is c1ccc(C[C@@]23O[C@H](c4ccccc4)[C@@H]2CCc2ccccc23)cc1. The normalized spacial score (nSPS) is 27.0. The minimum atomic E-state index is -0.170. The van der Waals surface area contributed by atoms with E-state index in [1.54, 1.807) is 0 Å². The van der Waals surface area contributed by atoms with Crippen LogP contribution in [0.4, 0.5) is 0 Å². The highest BCUT2D eigenvalue weighted by atomic mass is 16.5. The first-order valence-corrected chi connectivity index (χ1v) is 9.22. The molecule has 124 valence electrons. The third kappa shape index (κ3) is 2.34. The van der Waals surface area contributed by atoms with Crippen LogP contribution in [-0.2, 0) is 23.2 Å². The van der Waals surface area contributed by atoms with E-state index in [0.29, 0.717) is 5.92 Å². The second-order valence-electron chi connectivity index (χ2n) is 7.30. The molecule has 1 heterocycles. The van der Waals surface area contributed by atoms with Crippen LogP contribution in [0.25, 0.3) is 0 Å². The zero-order valence-corrected chi connectivity index (χ0v) is 14.3. The van der Waals surface area contributed by atoms with Gasteiger partial charge in [-0.05, 0) is 35.1 Å². The van der Waals surface area contributed by atoms with Gasteiger partial charge in [-0.2, -0.15) is 0 Å². The Bertz CT molecular complexity index is 871.